The third kappa shape index (κ3) is 1.02. The Hall–Kier alpha value is -0.340. The zero-order valence-corrected chi connectivity index (χ0v) is 7.71. The van der Waals surface area contributed by atoms with Gasteiger partial charge >= 0.3 is 0 Å². The summed E-state index contributed by atoms with van der Waals surface area (Å²) in [5, 5.41) is 9.73. The van der Waals surface area contributed by atoms with E-state index in [9.17, 15) is 5.11 Å². The van der Waals surface area contributed by atoms with Gasteiger partial charge in [0.1, 0.15) is 5.60 Å². The lowest BCUT2D eigenvalue weighted by molar-refractivity contribution is 0.0641. The van der Waals surface area contributed by atoms with Crippen LogP contribution in [0, 0.1) is 5.92 Å². The molecule has 1 aliphatic heterocycles. The van der Waals surface area contributed by atoms with Gasteiger partial charge in [0.2, 0.25) is 0 Å². The van der Waals surface area contributed by atoms with Crippen LogP contribution in [0.2, 0.25) is 0 Å². The summed E-state index contributed by atoms with van der Waals surface area (Å²) in [5.74, 6) is 0.459. The Labute approximate surface area is 73.2 Å². The molecule has 2 rings (SSSR count). The third-order valence-corrected chi connectivity index (χ3v) is 3.34. The Morgan fingerprint density at radius 2 is 2.25 bits per heavy atom. The number of fused-ring (bicyclic) bond motifs is 1. The molecule has 0 radical (unpaired) electrons. The maximum absolute atomic E-state index is 9.73. The van der Waals surface area contributed by atoms with Gasteiger partial charge in [-0.05, 0) is 32.6 Å². The summed E-state index contributed by atoms with van der Waals surface area (Å²) >= 11 is 0. The van der Waals surface area contributed by atoms with Crippen LogP contribution in [0.25, 0.3) is 0 Å². The Morgan fingerprint density at radius 1 is 1.58 bits per heavy atom. The van der Waals surface area contributed by atoms with E-state index in [1.165, 1.54) is 5.57 Å². The second-order valence-electron chi connectivity index (χ2n) is 4.32. The molecule has 1 heterocycles. The average molecular weight is 168 g/mol. The van der Waals surface area contributed by atoms with Crippen LogP contribution in [-0.2, 0) is 4.74 Å². The fraction of sp³-hybridized carbons (Fsp3) is 0.800. The van der Waals surface area contributed by atoms with Crippen LogP contribution in [0.5, 0.6) is 0 Å². The molecule has 2 aliphatic rings. The number of epoxide rings is 1. The number of aliphatic hydroxyl groups is 1. The van der Waals surface area contributed by atoms with E-state index in [2.05, 4.69) is 6.58 Å². The summed E-state index contributed by atoms with van der Waals surface area (Å²) in [5.41, 5.74) is 0.956. The van der Waals surface area contributed by atoms with Crippen LogP contribution in [0.15, 0.2) is 12.2 Å². The lowest BCUT2D eigenvalue weighted by Gasteiger charge is -2.27. The molecule has 2 nitrogen and oxygen atoms in total. The SMILES string of the molecule is C=C(C)[C@@H]1C[C@H](O)[C@]2(C)O[C@@H]2C1. The molecule has 0 bridgehead atoms. The Balaban J connectivity index is 2.06. The lowest BCUT2D eigenvalue weighted by Crippen LogP contribution is -2.36. The van der Waals surface area contributed by atoms with Crippen molar-refractivity contribution in [2.45, 2.75) is 44.5 Å². The number of hydrogen-bond acceptors (Lipinski definition) is 2. The summed E-state index contributed by atoms with van der Waals surface area (Å²) in [6.45, 7) is 7.95. The van der Waals surface area contributed by atoms with E-state index in [1.807, 2.05) is 13.8 Å². The monoisotopic (exact) mass is 168 g/mol. The van der Waals surface area contributed by atoms with Crippen molar-refractivity contribution < 1.29 is 9.84 Å². The molecular weight excluding hydrogens is 152 g/mol. The molecule has 2 heteroatoms. The van der Waals surface area contributed by atoms with E-state index >= 15 is 0 Å². The highest BCUT2D eigenvalue weighted by molar-refractivity contribution is 5.14. The van der Waals surface area contributed by atoms with E-state index in [-0.39, 0.29) is 17.8 Å². The van der Waals surface area contributed by atoms with Crippen LogP contribution >= 0.6 is 0 Å². The predicted molar refractivity (Wildman–Crippen MR) is 46.8 cm³/mol. The van der Waals surface area contributed by atoms with Crippen molar-refractivity contribution in [3.8, 4) is 0 Å². The molecule has 0 amide bonds. The van der Waals surface area contributed by atoms with Crippen LogP contribution in [0.4, 0.5) is 0 Å². The maximum Gasteiger partial charge on any atom is 0.118 e. The molecule has 1 aliphatic carbocycles. The van der Waals surface area contributed by atoms with Crippen molar-refractivity contribution in [2.75, 3.05) is 0 Å². The minimum absolute atomic E-state index is 0.216. The van der Waals surface area contributed by atoms with Crippen molar-refractivity contribution in [2.24, 2.45) is 5.92 Å². The standard InChI is InChI=1S/C10H16O2/c1-6(2)7-4-8(11)10(3)9(5-7)12-10/h7-9,11H,1,4-5H2,2-3H3/t7-,8+,9-,10+/m1/s1. The van der Waals surface area contributed by atoms with Crippen molar-refractivity contribution in [3.63, 3.8) is 0 Å². The topological polar surface area (TPSA) is 32.8 Å². The molecule has 4 atom stereocenters. The highest BCUT2D eigenvalue weighted by atomic mass is 16.6. The number of allylic oxidation sites excluding steroid dienone is 1. The number of rotatable bonds is 1. The first-order chi connectivity index (χ1) is 5.54. The second-order valence-corrected chi connectivity index (χ2v) is 4.32. The number of ether oxygens (including phenoxy) is 1. The van der Waals surface area contributed by atoms with E-state index in [4.69, 9.17) is 4.74 Å². The van der Waals surface area contributed by atoms with Crippen LogP contribution in [0.1, 0.15) is 26.7 Å². The Bertz CT molecular complexity index is 224. The zero-order valence-electron chi connectivity index (χ0n) is 7.71. The molecule has 0 spiro atoms. The smallest absolute Gasteiger partial charge is 0.118 e. The first-order valence-corrected chi connectivity index (χ1v) is 4.55. The summed E-state index contributed by atoms with van der Waals surface area (Å²) < 4.78 is 5.47. The first kappa shape index (κ1) is 8.27. The largest absolute Gasteiger partial charge is 0.390 e. The van der Waals surface area contributed by atoms with Gasteiger partial charge < -0.3 is 9.84 Å². The van der Waals surface area contributed by atoms with E-state index in [1.54, 1.807) is 0 Å². The van der Waals surface area contributed by atoms with E-state index in [0.717, 1.165) is 12.8 Å². The van der Waals surface area contributed by atoms with Gasteiger partial charge in [0.15, 0.2) is 0 Å². The molecule has 0 unspecified atom stereocenters. The minimum Gasteiger partial charge on any atom is -0.390 e. The summed E-state index contributed by atoms with van der Waals surface area (Å²) in [6.07, 6.45) is 1.85. The minimum atomic E-state index is -0.294. The molecular formula is C10H16O2. The molecule has 0 aromatic rings. The number of aliphatic hydroxyl groups excluding tert-OH is 1. The highest BCUT2D eigenvalue weighted by Crippen LogP contribution is 2.50. The third-order valence-electron chi connectivity index (χ3n) is 3.34. The van der Waals surface area contributed by atoms with Gasteiger partial charge in [-0.1, -0.05) is 12.2 Å². The van der Waals surface area contributed by atoms with Crippen LogP contribution in [-0.4, -0.2) is 22.9 Å². The molecule has 12 heavy (non-hydrogen) atoms. The lowest BCUT2D eigenvalue weighted by atomic mass is 9.78. The Morgan fingerprint density at radius 3 is 2.75 bits per heavy atom. The predicted octanol–water partition coefficient (Wildman–Crippen LogP) is 1.49. The highest BCUT2D eigenvalue weighted by Gasteiger charge is 2.60. The van der Waals surface area contributed by atoms with Crippen LogP contribution < -0.4 is 0 Å². The molecule has 1 N–H and O–H groups in total. The summed E-state index contributed by atoms with van der Waals surface area (Å²) in [7, 11) is 0. The maximum atomic E-state index is 9.73. The molecule has 0 aromatic carbocycles. The molecule has 0 aromatic heterocycles. The second kappa shape index (κ2) is 2.33. The van der Waals surface area contributed by atoms with Crippen molar-refractivity contribution >= 4 is 0 Å². The Kier molecular flexibility index (Phi) is 1.61. The number of hydrogen-bond donors (Lipinski definition) is 1. The van der Waals surface area contributed by atoms with Gasteiger partial charge in [0, 0.05) is 0 Å². The van der Waals surface area contributed by atoms with Gasteiger partial charge in [-0.15, -0.1) is 0 Å². The summed E-state index contributed by atoms with van der Waals surface area (Å²) in [6, 6.07) is 0. The van der Waals surface area contributed by atoms with Crippen molar-refractivity contribution in [3.05, 3.63) is 12.2 Å². The van der Waals surface area contributed by atoms with E-state index < -0.39 is 0 Å². The fourth-order valence-electron chi connectivity index (χ4n) is 2.11. The quantitative estimate of drug-likeness (QED) is 0.475. The van der Waals surface area contributed by atoms with Gasteiger partial charge in [0.05, 0.1) is 12.2 Å². The molecule has 1 saturated heterocycles. The van der Waals surface area contributed by atoms with E-state index in [0.29, 0.717) is 5.92 Å². The molecule has 2 fully saturated rings. The molecule has 68 valence electrons. The zero-order chi connectivity index (χ0) is 8.93. The van der Waals surface area contributed by atoms with Crippen molar-refractivity contribution in [1.29, 1.82) is 0 Å². The molecule has 1 saturated carbocycles. The summed E-state index contributed by atoms with van der Waals surface area (Å²) in [4.78, 5) is 0. The van der Waals surface area contributed by atoms with Gasteiger partial charge in [-0.3, -0.25) is 0 Å². The average Bonchev–Trinajstić information content (AvgIpc) is 2.62. The first-order valence-electron chi connectivity index (χ1n) is 4.55. The van der Waals surface area contributed by atoms with Gasteiger partial charge in [0.25, 0.3) is 0 Å². The van der Waals surface area contributed by atoms with Gasteiger partial charge in [-0.2, -0.15) is 0 Å². The van der Waals surface area contributed by atoms with Gasteiger partial charge in [-0.25, -0.2) is 0 Å². The van der Waals surface area contributed by atoms with Crippen molar-refractivity contribution in [1.82, 2.24) is 0 Å². The fourth-order valence-corrected chi connectivity index (χ4v) is 2.11. The normalized spacial score (nSPS) is 51.4. The van der Waals surface area contributed by atoms with Crippen LogP contribution in [0.3, 0.4) is 0 Å².